The van der Waals surface area contributed by atoms with Crippen LogP contribution in [0.1, 0.15) is 34.6 Å². The molecule has 1 unspecified atom stereocenters. The Morgan fingerprint density at radius 3 is 1.86 bits per heavy atom. The third kappa shape index (κ3) is 2.38. The van der Waals surface area contributed by atoms with Crippen LogP contribution in [0.5, 0.6) is 0 Å². The predicted octanol–water partition coefficient (Wildman–Crippen LogP) is 0.955. The van der Waals surface area contributed by atoms with Gasteiger partial charge in [0.15, 0.2) is 20.2 Å². The van der Waals surface area contributed by atoms with Gasteiger partial charge in [-0.05, 0) is 29.7 Å². The van der Waals surface area contributed by atoms with E-state index < -0.39 is 42.6 Å². The summed E-state index contributed by atoms with van der Waals surface area (Å²) in [7, 11) is -2.42. The van der Waals surface area contributed by atoms with Crippen molar-refractivity contribution >= 4 is 25.2 Å². The minimum atomic E-state index is -2.42. The first-order valence-electron chi connectivity index (χ1n) is 7.17. The second-order valence-electron chi connectivity index (χ2n) is 8.09. The van der Waals surface area contributed by atoms with Crippen LogP contribution in [0.2, 0.25) is 18.1 Å². The molecule has 1 aliphatic rings. The van der Waals surface area contributed by atoms with Gasteiger partial charge in [0, 0.05) is 5.41 Å². The molecule has 0 radical (unpaired) electrons. The van der Waals surface area contributed by atoms with Crippen LogP contribution in [0.15, 0.2) is 0 Å². The maximum absolute atomic E-state index is 11.5. The Morgan fingerprint density at radius 1 is 1.18 bits per heavy atom. The van der Waals surface area contributed by atoms with Crippen molar-refractivity contribution in [3.05, 3.63) is 0 Å². The third-order valence-corrected chi connectivity index (χ3v) is 10.3. The zero-order valence-corrected chi connectivity index (χ0v) is 15.9. The summed E-state index contributed by atoms with van der Waals surface area (Å²) in [6.45, 7) is 12.4. The van der Waals surface area contributed by atoms with Crippen molar-refractivity contribution < 1.29 is 29.6 Å². The van der Waals surface area contributed by atoms with Crippen LogP contribution in [0, 0.1) is 5.41 Å². The van der Waals surface area contributed by atoms with Gasteiger partial charge in [-0.15, -0.1) is 0 Å². The average molecular weight is 355 g/mol. The van der Waals surface area contributed by atoms with Gasteiger partial charge in [0.1, 0.15) is 11.7 Å². The van der Waals surface area contributed by atoms with Gasteiger partial charge in [0.2, 0.25) is 0 Å². The highest BCUT2D eigenvalue weighted by atomic mass is 35.5. The van der Waals surface area contributed by atoms with E-state index in [2.05, 4.69) is 0 Å². The number of aliphatic hydroxyl groups is 4. The molecule has 0 amide bonds. The highest BCUT2D eigenvalue weighted by Crippen LogP contribution is 2.67. The molecule has 0 bridgehead atoms. The van der Waals surface area contributed by atoms with Crippen LogP contribution in [-0.4, -0.2) is 57.6 Å². The molecule has 0 aliphatic heterocycles. The Kier molecular flexibility index (Phi) is 4.77. The Balaban J connectivity index is 3.03. The van der Waals surface area contributed by atoms with Crippen LogP contribution < -0.4 is 0 Å². The van der Waals surface area contributed by atoms with Crippen molar-refractivity contribution in [2.75, 3.05) is 0 Å². The number of carbonyl (C=O) groups excluding carboxylic acids is 1. The second kappa shape index (κ2) is 5.24. The minimum Gasteiger partial charge on any atom is -0.390 e. The molecule has 0 spiro atoms. The molecule has 0 aromatic heterocycles. The molecule has 4 atom stereocenters. The molecule has 8 heteroatoms. The molecule has 0 heterocycles. The van der Waals surface area contributed by atoms with Crippen molar-refractivity contribution in [3.8, 4) is 0 Å². The monoisotopic (exact) mass is 354 g/mol. The molecule has 1 fully saturated rings. The fourth-order valence-electron chi connectivity index (χ4n) is 2.59. The van der Waals surface area contributed by atoms with E-state index in [0.29, 0.717) is 0 Å². The molecular weight excluding hydrogens is 328 g/mol. The summed E-state index contributed by atoms with van der Waals surface area (Å²) in [6, 6.07) is 0. The van der Waals surface area contributed by atoms with Crippen LogP contribution in [-0.2, 0) is 9.22 Å². The lowest BCUT2D eigenvalue weighted by atomic mass is 10.0. The maximum Gasteiger partial charge on any atom is 0.257 e. The van der Waals surface area contributed by atoms with E-state index in [1.54, 1.807) is 0 Å². The van der Waals surface area contributed by atoms with Crippen molar-refractivity contribution in [2.24, 2.45) is 5.41 Å². The molecule has 0 saturated heterocycles. The van der Waals surface area contributed by atoms with E-state index in [4.69, 9.17) is 16.0 Å². The van der Waals surface area contributed by atoms with Crippen molar-refractivity contribution in [1.29, 1.82) is 0 Å². The molecular formula is C14H27ClO6Si. The Morgan fingerprint density at radius 2 is 1.59 bits per heavy atom. The third-order valence-electron chi connectivity index (χ3n) is 5.55. The second-order valence-corrected chi connectivity index (χ2v) is 13.2. The first-order valence-corrected chi connectivity index (χ1v) is 10.5. The van der Waals surface area contributed by atoms with E-state index >= 15 is 0 Å². The fourth-order valence-corrected chi connectivity index (χ4v) is 4.06. The number of hydrogen-bond acceptors (Lipinski definition) is 6. The van der Waals surface area contributed by atoms with E-state index in [1.165, 1.54) is 13.8 Å². The Hall–Kier alpha value is -0.0231. The van der Waals surface area contributed by atoms with Crippen LogP contribution in [0.3, 0.4) is 0 Å². The lowest BCUT2D eigenvalue weighted by Gasteiger charge is -2.39. The van der Waals surface area contributed by atoms with Gasteiger partial charge in [0.25, 0.3) is 5.24 Å². The molecule has 0 aromatic carbocycles. The summed E-state index contributed by atoms with van der Waals surface area (Å²) in [6.07, 6.45) is -3.61. The molecule has 1 saturated carbocycles. The molecule has 130 valence electrons. The summed E-state index contributed by atoms with van der Waals surface area (Å²) in [5.41, 5.74) is -6.02. The predicted molar refractivity (Wildman–Crippen MR) is 84.8 cm³/mol. The van der Waals surface area contributed by atoms with Gasteiger partial charge in [-0.3, -0.25) is 4.79 Å². The number of rotatable bonds is 5. The number of halogens is 1. The SMILES string of the molecule is CC1(C)[C@](O)(C(=O)Cl)[C@]1(O)[C@H](O)C(O)O[Si](C)(C)C(C)(C)C. The normalized spacial score (nSPS) is 34.2. The van der Waals surface area contributed by atoms with Gasteiger partial charge in [-0.2, -0.15) is 0 Å². The van der Waals surface area contributed by atoms with E-state index in [1.807, 2.05) is 33.9 Å². The first kappa shape index (κ1) is 20.0. The molecule has 6 nitrogen and oxygen atoms in total. The van der Waals surface area contributed by atoms with Gasteiger partial charge in [0.05, 0.1) is 0 Å². The van der Waals surface area contributed by atoms with Crippen LogP contribution >= 0.6 is 11.6 Å². The summed E-state index contributed by atoms with van der Waals surface area (Å²) in [5, 5.41) is 39.9. The molecule has 22 heavy (non-hydrogen) atoms. The highest BCUT2D eigenvalue weighted by Gasteiger charge is 2.89. The van der Waals surface area contributed by atoms with Crippen molar-refractivity contribution in [2.45, 2.75) is 76.3 Å². The molecule has 1 aliphatic carbocycles. The van der Waals surface area contributed by atoms with Crippen LogP contribution in [0.4, 0.5) is 0 Å². The van der Waals surface area contributed by atoms with Gasteiger partial charge >= 0.3 is 0 Å². The topological polar surface area (TPSA) is 107 Å². The first-order chi connectivity index (χ1) is 9.48. The van der Waals surface area contributed by atoms with E-state index in [-0.39, 0.29) is 5.04 Å². The van der Waals surface area contributed by atoms with Gasteiger partial charge in [-0.25, -0.2) is 0 Å². The minimum absolute atomic E-state index is 0.228. The lowest BCUT2D eigenvalue weighted by molar-refractivity contribution is -0.178. The average Bonchev–Trinajstić information content (AvgIpc) is 2.68. The lowest BCUT2D eigenvalue weighted by Crippen LogP contribution is -2.53. The summed E-state index contributed by atoms with van der Waals surface area (Å²) in [4.78, 5) is 11.5. The van der Waals surface area contributed by atoms with Gasteiger partial charge < -0.3 is 24.9 Å². The zero-order valence-electron chi connectivity index (χ0n) is 14.1. The quantitative estimate of drug-likeness (QED) is 0.333. The molecule has 4 N–H and O–H groups in total. The smallest absolute Gasteiger partial charge is 0.257 e. The van der Waals surface area contributed by atoms with E-state index in [9.17, 15) is 25.2 Å². The zero-order chi connectivity index (χ0) is 17.9. The molecule has 1 rings (SSSR count). The number of hydrogen-bond donors (Lipinski definition) is 4. The maximum atomic E-state index is 11.5. The fraction of sp³-hybridized carbons (Fsp3) is 0.929. The standard InChI is InChI=1S/C14H27ClO6Si/c1-11(2,3)22(6,7)21-9(17)8(16)13(19)12(4,5)14(13,20)10(15)18/h8-9,16-17,19-20H,1-7H3/t8-,9?,13+,14-/m1/s1. The summed E-state index contributed by atoms with van der Waals surface area (Å²) >= 11 is 5.37. The summed E-state index contributed by atoms with van der Waals surface area (Å²) in [5.74, 6) is 0. The number of aliphatic hydroxyl groups excluding tert-OH is 2. The van der Waals surface area contributed by atoms with Gasteiger partial charge in [-0.1, -0.05) is 34.6 Å². The number of carbonyl (C=O) groups is 1. The highest BCUT2D eigenvalue weighted by molar-refractivity contribution is 6.74. The summed E-state index contributed by atoms with van der Waals surface area (Å²) < 4.78 is 5.62. The van der Waals surface area contributed by atoms with Crippen molar-refractivity contribution in [3.63, 3.8) is 0 Å². The Labute approximate surface area is 137 Å². The van der Waals surface area contributed by atoms with Crippen LogP contribution in [0.25, 0.3) is 0 Å². The van der Waals surface area contributed by atoms with Crippen molar-refractivity contribution in [1.82, 2.24) is 0 Å². The largest absolute Gasteiger partial charge is 0.390 e. The Bertz CT molecular complexity index is 474. The molecule has 0 aromatic rings. The van der Waals surface area contributed by atoms with E-state index in [0.717, 1.165) is 0 Å².